The van der Waals surface area contributed by atoms with Crippen LogP contribution in [0.1, 0.15) is 33.6 Å². The monoisotopic (exact) mass is 187 g/mol. The molecule has 2 unspecified atom stereocenters. The predicted octanol–water partition coefficient (Wildman–Crippen LogP) is 0.485. The van der Waals surface area contributed by atoms with Gasteiger partial charge in [-0.05, 0) is 26.8 Å². The molecule has 0 rings (SSSR count). The summed E-state index contributed by atoms with van der Waals surface area (Å²) in [6, 6.07) is 0.294. The molecule has 0 heterocycles. The van der Waals surface area contributed by atoms with E-state index in [2.05, 4.69) is 24.2 Å². The van der Waals surface area contributed by atoms with Gasteiger partial charge in [-0.3, -0.25) is 15.1 Å². The van der Waals surface area contributed by atoms with Gasteiger partial charge in [-0.2, -0.15) is 0 Å². The standard InChI is InChI=1S/C9H21N3O/c1-5-7(3)12(4)8(6-2)9(13)11-10/h7-8H,5-6,10H2,1-4H3,(H,11,13). The van der Waals surface area contributed by atoms with E-state index < -0.39 is 0 Å². The number of amides is 1. The van der Waals surface area contributed by atoms with E-state index in [0.29, 0.717) is 6.04 Å². The van der Waals surface area contributed by atoms with Gasteiger partial charge in [0.1, 0.15) is 0 Å². The summed E-state index contributed by atoms with van der Waals surface area (Å²) in [5.74, 6) is 5.00. The highest BCUT2D eigenvalue weighted by Gasteiger charge is 2.23. The van der Waals surface area contributed by atoms with Crippen molar-refractivity contribution in [2.24, 2.45) is 5.84 Å². The van der Waals surface area contributed by atoms with E-state index >= 15 is 0 Å². The summed E-state index contributed by atoms with van der Waals surface area (Å²) in [6.45, 7) is 6.19. The number of likely N-dealkylation sites (N-methyl/N-ethyl adjacent to an activating group) is 1. The second-order valence-corrected chi connectivity index (χ2v) is 3.36. The molecule has 0 saturated carbocycles. The van der Waals surface area contributed by atoms with E-state index in [1.165, 1.54) is 0 Å². The molecule has 4 nitrogen and oxygen atoms in total. The molecular weight excluding hydrogens is 166 g/mol. The molecule has 0 aromatic rings. The fraction of sp³-hybridized carbons (Fsp3) is 0.889. The maximum atomic E-state index is 11.3. The number of hydrogen-bond acceptors (Lipinski definition) is 3. The van der Waals surface area contributed by atoms with Gasteiger partial charge in [0.05, 0.1) is 6.04 Å². The first-order valence-corrected chi connectivity index (χ1v) is 4.80. The van der Waals surface area contributed by atoms with E-state index in [0.717, 1.165) is 12.8 Å². The summed E-state index contributed by atoms with van der Waals surface area (Å²) in [6.07, 6.45) is 1.81. The van der Waals surface area contributed by atoms with Crippen molar-refractivity contribution in [1.29, 1.82) is 0 Å². The number of hydrazine groups is 1. The Labute approximate surface area is 80.4 Å². The van der Waals surface area contributed by atoms with Crippen LogP contribution < -0.4 is 11.3 Å². The maximum absolute atomic E-state index is 11.3. The van der Waals surface area contributed by atoms with Crippen molar-refractivity contribution in [1.82, 2.24) is 10.3 Å². The van der Waals surface area contributed by atoms with E-state index in [9.17, 15) is 4.79 Å². The highest BCUT2D eigenvalue weighted by Crippen LogP contribution is 2.08. The van der Waals surface area contributed by atoms with Gasteiger partial charge in [0.2, 0.25) is 0 Å². The molecule has 3 N–H and O–H groups in total. The highest BCUT2D eigenvalue weighted by atomic mass is 16.2. The Hall–Kier alpha value is -0.610. The van der Waals surface area contributed by atoms with Crippen LogP contribution >= 0.6 is 0 Å². The second kappa shape index (κ2) is 5.94. The summed E-state index contributed by atoms with van der Waals surface area (Å²) in [4.78, 5) is 13.4. The normalized spacial score (nSPS) is 15.5. The smallest absolute Gasteiger partial charge is 0.251 e. The minimum Gasteiger partial charge on any atom is -0.293 e. The van der Waals surface area contributed by atoms with Crippen LogP contribution in [-0.2, 0) is 4.79 Å². The van der Waals surface area contributed by atoms with Crippen LogP contribution in [0.4, 0.5) is 0 Å². The number of carbonyl (C=O) groups excluding carboxylic acids is 1. The molecule has 0 fully saturated rings. The summed E-state index contributed by atoms with van der Waals surface area (Å²) in [7, 11) is 1.96. The first-order valence-electron chi connectivity index (χ1n) is 4.80. The fourth-order valence-corrected chi connectivity index (χ4v) is 1.35. The summed E-state index contributed by atoms with van der Waals surface area (Å²) >= 11 is 0. The fourth-order valence-electron chi connectivity index (χ4n) is 1.35. The molecule has 0 aliphatic rings. The average molecular weight is 187 g/mol. The van der Waals surface area contributed by atoms with Gasteiger partial charge in [-0.25, -0.2) is 5.84 Å². The van der Waals surface area contributed by atoms with Gasteiger partial charge < -0.3 is 0 Å². The van der Waals surface area contributed by atoms with Crippen LogP contribution in [0.3, 0.4) is 0 Å². The molecule has 0 aromatic carbocycles. The Balaban J connectivity index is 4.30. The van der Waals surface area contributed by atoms with Gasteiger partial charge in [0, 0.05) is 6.04 Å². The van der Waals surface area contributed by atoms with E-state index in [-0.39, 0.29) is 11.9 Å². The number of rotatable bonds is 5. The van der Waals surface area contributed by atoms with Gasteiger partial charge in [0.25, 0.3) is 5.91 Å². The lowest BCUT2D eigenvalue weighted by Crippen LogP contribution is -2.49. The summed E-state index contributed by atoms with van der Waals surface area (Å²) in [5.41, 5.74) is 2.20. The van der Waals surface area contributed by atoms with Crippen molar-refractivity contribution in [3.8, 4) is 0 Å². The largest absolute Gasteiger partial charge is 0.293 e. The molecule has 0 radical (unpaired) electrons. The number of nitrogens with one attached hydrogen (secondary N) is 1. The molecule has 2 atom stereocenters. The Bertz CT molecular complexity index is 161. The molecule has 0 aliphatic heterocycles. The maximum Gasteiger partial charge on any atom is 0.251 e. The lowest BCUT2D eigenvalue weighted by molar-refractivity contribution is -0.126. The van der Waals surface area contributed by atoms with Gasteiger partial charge in [0.15, 0.2) is 0 Å². The van der Waals surface area contributed by atoms with Crippen LogP contribution in [0, 0.1) is 0 Å². The molecule has 0 aromatic heterocycles. The summed E-state index contributed by atoms with van der Waals surface area (Å²) < 4.78 is 0. The van der Waals surface area contributed by atoms with Gasteiger partial charge >= 0.3 is 0 Å². The average Bonchev–Trinajstić information content (AvgIpc) is 2.17. The van der Waals surface area contributed by atoms with Crippen LogP contribution in [0.25, 0.3) is 0 Å². The molecule has 13 heavy (non-hydrogen) atoms. The van der Waals surface area contributed by atoms with Crippen molar-refractivity contribution < 1.29 is 4.79 Å². The predicted molar refractivity (Wildman–Crippen MR) is 53.9 cm³/mol. The van der Waals surface area contributed by atoms with Crippen LogP contribution in [0.2, 0.25) is 0 Å². The van der Waals surface area contributed by atoms with E-state index in [1.807, 2.05) is 14.0 Å². The third-order valence-corrected chi connectivity index (χ3v) is 2.61. The molecule has 78 valence electrons. The Morgan fingerprint density at radius 3 is 2.31 bits per heavy atom. The first-order chi connectivity index (χ1) is 6.08. The van der Waals surface area contributed by atoms with Gasteiger partial charge in [-0.1, -0.05) is 13.8 Å². The molecular formula is C9H21N3O. The Morgan fingerprint density at radius 2 is 2.00 bits per heavy atom. The lowest BCUT2D eigenvalue weighted by Gasteiger charge is -2.30. The van der Waals surface area contributed by atoms with Crippen LogP contribution in [0.5, 0.6) is 0 Å². The topological polar surface area (TPSA) is 58.4 Å². The van der Waals surface area contributed by atoms with Crippen molar-refractivity contribution in [2.45, 2.75) is 45.7 Å². The summed E-state index contributed by atoms with van der Waals surface area (Å²) in [5, 5.41) is 0. The molecule has 1 amide bonds. The van der Waals surface area contributed by atoms with E-state index in [1.54, 1.807) is 0 Å². The molecule has 0 saturated heterocycles. The van der Waals surface area contributed by atoms with Crippen LogP contribution in [0.15, 0.2) is 0 Å². The molecule has 4 heteroatoms. The zero-order valence-corrected chi connectivity index (χ0v) is 9.00. The number of nitrogens with two attached hydrogens (primary N) is 1. The van der Waals surface area contributed by atoms with Crippen molar-refractivity contribution in [3.63, 3.8) is 0 Å². The van der Waals surface area contributed by atoms with Crippen molar-refractivity contribution in [2.75, 3.05) is 7.05 Å². The third kappa shape index (κ3) is 3.32. The quantitative estimate of drug-likeness (QED) is 0.374. The lowest BCUT2D eigenvalue weighted by atomic mass is 10.1. The first kappa shape index (κ1) is 12.4. The minimum absolute atomic E-state index is 0.106. The Morgan fingerprint density at radius 1 is 1.46 bits per heavy atom. The zero-order chi connectivity index (χ0) is 10.4. The Kier molecular flexibility index (Phi) is 5.66. The number of nitrogens with zero attached hydrogens (tertiary/aromatic N) is 1. The SMILES string of the molecule is CCC(C)N(C)C(CC)C(=O)NN. The molecule has 0 spiro atoms. The van der Waals surface area contributed by atoms with Crippen LogP contribution in [-0.4, -0.2) is 29.9 Å². The van der Waals surface area contributed by atoms with Gasteiger partial charge in [-0.15, -0.1) is 0 Å². The second-order valence-electron chi connectivity index (χ2n) is 3.36. The molecule has 0 bridgehead atoms. The van der Waals surface area contributed by atoms with Crippen molar-refractivity contribution >= 4 is 5.91 Å². The number of carbonyl (C=O) groups is 1. The minimum atomic E-state index is -0.111. The third-order valence-electron chi connectivity index (χ3n) is 2.61. The highest BCUT2D eigenvalue weighted by molar-refractivity contribution is 5.81. The molecule has 0 aliphatic carbocycles. The van der Waals surface area contributed by atoms with E-state index in [4.69, 9.17) is 5.84 Å². The van der Waals surface area contributed by atoms with Crippen molar-refractivity contribution in [3.05, 3.63) is 0 Å². The zero-order valence-electron chi connectivity index (χ0n) is 9.00. The number of hydrogen-bond donors (Lipinski definition) is 2.